The lowest BCUT2D eigenvalue weighted by Crippen LogP contribution is -2.53. The number of alkyl halides is 9. The minimum atomic E-state index is -4.54. The number of rotatable bonds is 20. The lowest BCUT2D eigenvalue weighted by Gasteiger charge is -2.41. The fourth-order valence-electron chi connectivity index (χ4n) is 9.71. The predicted molar refractivity (Wildman–Crippen MR) is 308 cm³/mol. The van der Waals surface area contributed by atoms with Crippen molar-refractivity contribution in [3.8, 4) is 0 Å². The van der Waals surface area contributed by atoms with Gasteiger partial charge in [-0.15, -0.1) is 0 Å². The van der Waals surface area contributed by atoms with Crippen LogP contribution in [0.5, 0.6) is 0 Å². The first-order valence-electron chi connectivity index (χ1n) is 28.5. The second-order valence-corrected chi connectivity index (χ2v) is 25.3. The summed E-state index contributed by atoms with van der Waals surface area (Å²) in [5.41, 5.74) is -2.69. The second-order valence-electron chi connectivity index (χ2n) is 24.1. The van der Waals surface area contributed by atoms with Crippen molar-refractivity contribution < 1.29 is 87.2 Å². The molecule has 4 saturated heterocycles. The molecule has 4 fully saturated rings. The highest BCUT2D eigenvalue weighted by Gasteiger charge is 2.42. The van der Waals surface area contributed by atoms with E-state index >= 15 is 0 Å². The zero-order valence-electron chi connectivity index (χ0n) is 49.5. The Morgan fingerprint density at radius 2 is 0.833 bits per heavy atom. The highest BCUT2D eigenvalue weighted by atomic mass is 35.5. The Kier molecular flexibility index (Phi) is 21.5. The van der Waals surface area contributed by atoms with Gasteiger partial charge in [-0.05, 0) is 56.7 Å². The number of carbonyl (C=O) groups excluding carboxylic acids is 3. The molecule has 0 amide bonds. The van der Waals surface area contributed by atoms with Crippen molar-refractivity contribution in [1.29, 1.82) is 0 Å². The number of hydrogen-bond acceptors (Lipinski definition) is 19. The van der Waals surface area contributed by atoms with Crippen LogP contribution < -0.4 is 14.7 Å². The van der Waals surface area contributed by atoms with Gasteiger partial charge in [0.15, 0.2) is 23.6 Å². The third kappa shape index (κ3) is 16.6. The fourth-order valence-corrected chi connectivity index (χ4v) is 10.5. The Labute approximate surface area is 525 Å². The first kappa shape index (κ1) is 69.5. The first-order chi connectivity index (χ1) is 42.1. The number of nitrogens with zero attached hydrogens (tertiary/aromatic N) is 9. The van der Waals surface area contributed by atoms with Crippen LogP contribution in [-0.2, 0) is 77.9 Å². The lowest BCUT2D eigenvalue weighted by molar-refractivity contribution is -0.170. The Hall–Kier alpha value is -6.43. The molecule has 4 aliphatic heterocycles. The molecule has 0 spiro atoms. The van der Waals surface area contributed by atoms with Gasteiger partial charge in [-0.2, -0.15) is 39.5 Å². The predicted octanol–water partition coefficient (Wildman–Crippen LogP) is 11.8. The Morgan fingerprint density at radius 3 is 1.09 bits per heavy atom. The van der Waals surface area contributed by atoms with Gasteiger partial charge in [-0.25, -0.2) is 15.0 Å². The molecule has 2 N–H and O–H groups in total. The van der Waals surface area contributed by atoms with E-state index in [9.17, 15) is 64.1 Å². The minimum Gasteiger partial charge on any atom is -0.395 e. The van der Waals surface area contributed by atoms with E-state index in [2.05, 4.69) is 30.4 Å². The molecule has 4 atom stereocenters. The summed E-state index contributed by atoms with van der Waals surface area (Å²) in [6.07, 6.45) is -7.08. The summed E-state index contributed by atoms with van der Waals surface area (Å²) in [7, 11) is 0. The smallest absolute Gasteiger partial charge is 0.395 e. The summed E-state index contributed by atoms with van der Waals surface area (Å²) in [5.74, 6) is 1.12. The number of halogens is 12. The molecule has 4 aliphatic rings. The average Bonchev–Trinajstić information content (AvgIpc) is 3.58. The topological polar surface area (TPSA) is 237 Å². The van der Waals surface area contributed by atoms with Crippen molar-refractivity contribution in [2.75, 3.05) is 60.8 Å². The van der Waals surface area contributed by atoms with Crippen LogP contribution in [0.4, 0.5) is 57.0 Å². The van der Waals surface area contributed by atoms with Crippen molar-refractivity contribution in [3.63, 3.8) is 0 Å². The molecule has 31 heteroatoms. The van der Waals surface area contributed by atoms with E-state index < -0.39 is 69.6 Å². The summed E-state index contributed by atoms with van der Waals surface area (Å²) in [5, 5.41) is 30.2. The summed E-state index contributed by atoms with van der Waals surface area (Å²) < 4.78 is 142. The molecule has 90 heavy (non-hydrogen) atoms. The number of aromatic nitrogens is 6. The highest BCUT2D eigenvalue weighted by molar-refractivity contribution is 6.34. The fraction of sp³-hybridized carbons (Fsp3) is 0.542. The molecule has 19 nitrogen and oxygen atoms in total. The van der Waals surface area contributed by atoms with E-state index in [1.54, 1.807) is 60.6 Å². The molecule has 1 unspecified atom stereocenters. The van der Waals surface area contributed by atoms with Gasteiger partial charge in [0.2, 0.25) is 0 Å². The van der Waals surface area contributed by atoms with E-state index in [4.69, 9.17) is 57.8 Å². The summed E-state index contributed by atoms with van der Waals surface area (Å²) in [6, 6.07) is 5.83. The maximum Gasteiger partial charge on any atom is 0.417 e. The van der Waals surface area contributed by atoms with Gasteiger partial charge >= 0.3 is 18.5 Å². The maximum atomic E-state index is 12.9. The van der Waals surface area contributed by atoms with E-state index in [0.29, 0.717) is 98.9 Å². The van der Waals surface area contributed by atoms with Crippen LogP contribution in [-0.4, -0.2) is 128 Å². The third-order valence-corrected chi connectivity index (χ3v) is 16.6. The van der Waals surface area contributed by atoms with E-state index in [1.165, 1.54) is 0 Å². The van der Waals surface area contributed by atoms with Crippen LogP contribution in [0.15, 0.2) is 68.6 Å². The summed E-state index contributed by atoms with van der Waals surface area (Å²) in [4.78, 5) is 54.4. The highest BCUT2D eigenvalue weighted by Crippen LogP contribution is 2.41. The lowest BCUT2D eigenvalue weighted by atomic mass is 9.89. The van der Waals surface area contributed by atoms with E-state index in [0.717, 1.165) is 43.7 Å². The van der Waals surface area contributed by atoms with Gasteiger partial charge < -0.3 is 48.0 Å². The monoisotopic (exact) mass is 1340 g/mol. The van der Waals surface area contributed by atoms with Gasteiger partial charge in [-0.1, -0.05) is 91.8 Å². The van der Waals surface area contributed by atoms with Crippen LogP contribution in [0.1, 0.15) is 131 Å². The maximum absolute atomic E-state index is 12.9. The number of hydrogen-bond donors (Lipinski definition) is 2. The minimum absolute atomic E-state index is 0.00902. The number of anilines is 3. The molecule has 0 bridgehead atoms. The Balaban J connectivity index is 0.000000176. The van der Waals surface area contributed by atoms with Crippen LogP contribution in [0, 0.1) is 0 Å². The molecule has 10 heterocycles. The van der Waals surface area contributed by atoms with Crippen LogP contribution >= 0.6 is 34.8 Å². The summed E-state index contributed by atoms with van der Waals surface area (Å²) in [6.45, 7) is 13.4. The molecule has 0 saturated carbocycles. The average molecular weight is 1340 g/mol. The molecule has 0 aliphatic carbocycles. The van der Waals surface area contributed by atoms with E-state index in [-0.39, 0.29) is 88.6 Å². The number of carbonyl (C=O) groups is 3. The normalized spacial score (nSPS) is 19.0. The van der Waals surface area contributed by atoms with Crippen molar-refractivity contribution in [2.45, 2.75) is 159 Å². The number of ether oxygens (including phenoxy) is 2. The van der Waals surface area contributed by atoms with Gasteiger partial charge in [-0.3, -0.25) is 14.4 Å². The van der Waals surface area contributed by atoms with Crippen molar-refractivity contribution in [3.05, 3.63) is 121 Å². The second kappa shape index (κ2) is 27.8. The SMILES string of the molecule is CC(C)(CO)c1cc(CC(=O)[C@@H]2CCN2c2ncc(C(F)(F)F)cc2Cl)on1.CC(C)(CO)c1cc(CC(=O)[C@@H]2CCN2c2ncc(C(F)(F)F)cc2Cl)on1.CC(C)(COC1CCCCO1)c1cc(CC(=O)[C@@H]2CCN2c2ncc(C(F)(F)F)cc2Cl)on1. The number of aliphatic hydroxyl groups is 2. The number of aliphatic hydroxyl groups excluding tert-OH is 2. The molecule has 10 rings (SSSR count). The molecular weight excluding hydrogens is 1270 g/mol. The molecule has 0 aromatic carbocycles. The quantitative estimate of drug-likeness (QED) is 0.0676. The standard InChI is InChI=1S/C23H27ClF3N3O4.2C18H19ClF3N3O3/c1-22(2,13-33-20-5-3-4-8-32-20)19-11-15(34-29-19)10-18(31)17-6-7-30(17)21-16(24)9-14(12-28-21)23(25,26)27;2*1-17(2,9-26)15-7-11(28-24-15)6-14(27)13-3-4-25(13)16-12(19)5-10(8-23-16)18(20,21)22/h9,11-12,17,20H,3-8,10,13H2,1-2H3;2*5,7-8,13,26H,3-4,6,9H2,1-2H3/t17-,20?;2*13-/m000/s1. The molecule has 6 aromatic rings. The number of ketones is 3. The zero-order chi connectivity index (χ0) is 65.9. The van der Waals surface area contributed by atoms with Gasteiger partial charge in [0, 0.05) is 79.3 Å². The van der Waals surface area contributed by atoms with Crippen molar-refractivity contribution in [1.82, 2.24) is 30.4 Å². The third-order valence-electron chi connectivity index (χ3n) is 15.8. The van der Waals surface area contributed by atoms with Crippen molar-refractivity contribution >= 4 is 69.6 Å². The van der Waals surface area contributed by atoms with E-state index in [1.807, 2.05) is 13.8 Å². The largest absolute Gasteiger partial charge is 0.417 e. The molecule has 0 radical (unpaired) electrons. The number of Topliss-reactive ketones (excluding diaryl/α,β-unsaturated/α-hetero) is 3. The molecular formula is C59H65Cl3F9N9O10. The molecule has 6 aromatic heterocycles. The van der Waals surface area contributed by atoms with Crippen LogP contribution in [0.2, 0.25) is 15.1 Å². The van der Waals surface area contributed by atoms with Gasteiger partial charge in [0.05, 0.1) is 106 Å². The first-order valence-corrected chi connectivity index (χ1v) is 29.6. The van der Waals surface area contributed by atoms with Gasteiger partial charge in [0.1, 0.15) is 34.7 Å². The van der Waals surface area contributed by atoms with Crippen LogP contribution in [0.25, 0.3) is 0 Å². The number of pyridine rings is 3. The summed E-state index contributed by atoms with van der Waals surface area (Å²) >= 11 is 18.0. The van der Waals surface area contributed by atoms with Crippen molar-refractivity contribution in [2.24, 2.45) is 0 Å². The van der Waals surface area contributed by atoms with Gasteiger partial charge in [0.25, 0.3) is 0 Å². The zero-order valence-corrected chi connectivity index (χ0v) is 51.8. The van der Waals surface area contributed by atoms with Crippen LogP contribution in [0.3, 0.4) is 0 Å². The Morgan fingerprint density at radius 1 is 0.511 bits per heavy atom. The molecule has 490 valence electrons. The Bertz CT molecular complexity index is 3350.